The van der Waals surface area contributed by atoms with E-state index in [-0.39, 0.29) is 10.6 Å². The van der Waals surface area contributed by atoms with Crippen molar-refractivity contribution in [1.29, 1.82) is 0 Å². The van der Waals surface area contributed by atoms with Crippen LogP contribution in [0.15, 0.2) is 18.2 Å². The number of hydrogen-bond donors (Lipinski definition) is 1. The lowest BCUT2D eigenvalue weighted by atomic mass is 10.1. The molecule has 18 heavy (non-hydrogen) atoms. The van der Waals surface area contributed by atoms with Crippen molar-refractivity contribution in [3.8, 4) is 5.75 Å². The minimum Gasteiger partial charge on any atom is -0.493 e. The van der Waals surface area contributed by atoms with Crippen molar-refractivity contribution in [1.82, 2.24) is 0 Å². The van der Waals surface area contributed by atoms with Gasteiger partial charge in [-0.15, -0.1) is 0 Å². The fourth-order valence-corrected chi connectivity index (χ4v) is 2.09. The number of nitro groups is 1. The molecule has 0 radical (unpaired) electrons. The minimum absolute atomic E-state index is 0.102. The van der Waals surface area contributed by atoms with Crippen LogP contribution in [0.2, 0.25) is 0 Å². The van der Waals surface area contributed by atoms with Gasteiger partial charge in [0.2, 0.25) is 0 Å². The lowest BCUT2D eigenvalue weighted by Crippen LogP contribution is -2.14. The van der Waals surface area contributed by atoms with Gasteiger partial charge in [-0.2, -0.15) is 12.6 Å². The van der Waals surface area contributed by atoms with Gasteiger partial charge in [0, 0.05) is 12.0 Å². The molecule has 0 saturated carbocycles. The summed E-state index contributed by atoms with van der Waals surface area (Å²) in [6.45, 7) is 4.39. The average Bonchev–Trinajstić information content (AvgIpc) is 2.35. The highest BCUT2D eigenvalue weighted by molar-refractivity contribution is 7.80. The Labute approximate surface area is 113 Å². The van der Waals surface area contributed by atoms with Crippen LogP contribution in [0.5, 0.6) is 5.75 Å². The predicted molar refractivity (Wildman–Crippen MR) is 75.6 cm³/mol. The van der Waals surface area contributed by atoms with Crippen LogP contribution >= 0.6 is 12.6 Å². The third kappa shape index (κ3) is 3.91. The first kappa shape index (κ1) is 14.8. The second kappa shape index (κ2) is 7.26. The van der Waals surface area contributed by atoms with E-state index in [4.69, 9.17) is 4.74 Å². The van der Waals surface area contributed by atoms with Crippen molar-refractivity contribution in [2.45, 2.75) is 26.7 Å². The third-order valence-corrected chi connectivity index (χ3v) is 3.40. The van der Waals surface area contributed by atoms with Crippen molar-refractivity contribution in [3.63, 3.8) is 0 Å². The third-order valence-electron chi connectivity index (χ3n) is 2.88. The van der Waals surface area contributed by atoms with E-state index in [1.807, 2.05) is 0 Å². The summed E-state index contributed by atoms with van der Waals surface area (Å²) in [6, 6.07) is 4.91. The van der Waals surface area contributed by atoms with Crippen LogP contribution in [0.25, 0.3) is 0 Å². The van der Waals surface area contributed by atoms with Gasteiger partial charge in [0.25, 0.3) is 5.69 Å². The first-order valence-electron chi connectivity index (χ1n) is 6.07. The standard InChI is InChI=1S/C13H19NO3S/c1-3-5-11(9-18)8-17-13-7-4-6-12(10(13)2)14(15)16/h4,6-7,11,18H,3,5,8-9H2,1-2H3. The Balaban J connectivity index is 2.73. The van der Waals surface area contributed by atoms with Gasteiger partial charge < -0.3 is 4.74 Å². The number of hydrogen-bond acceptors (Lipinski definition) is 4. The summed E-state index contributed by atoms with van der Waals surface area (Å²) < 4.78 is 5.68. The summed E-state index contributed by atoms with van der Waals surface area (Å²) in [4.78, 5) is 10.4. The van der Waals surface area contributed by atoms with E-state index >= 15 is 0 Å². The normalized spacial score (nSPS) is 12.2. The smallest absolute Gasteiger partial charge is 0.276 e. The van der Waals surface area contributed by atoms with Crippen LogP contribution in [0.1, 0.15) is 25.3 Å². The second-order valence-electron chi connectivity index (χ2n) is 4.31. The van der Waals surface area contributed by atoms with Crippen LogP contribution in [0.3, 0.4) is 0 Å². The zero-order chi connectivity index (χ0) is 13.5. The molecular formula is C13H19NO3S. The van der Waals surface area contributed by atoms with Gasteiger partial charge in [-0.25, -0.2) is 0 Å². The van der Waals surface area contributed by atoms with E-state index in [1.165, 1.54) is 6.07 Å². The minimum atomic E-state index is -0.385. The average molecular weight is 269 g/mol. The van der Waals surface area contributed by atoms with Crippen LogP contribution in [-0.2, 0) is 0 Å². The van der Waals surface area contributed by atoms with E-state index < -0.39 is 0 Å². The highest BCUT2D eigenvalue weighted by Gasteiger charge is 2.15. The Morgan fingerprint density at radius 2 is 2.22 bits per heavy atom. The lowest BCUT2D eigenvalue weighted by molar-refractivity contribution is -0.385. The van der Waals surface area contributed by atoms with Gasteiger partial charge >= 0.3 is 0 Å². The van der Waals surface area contributed by atoms with Gasteiger partial charge in [-0.1, -0.05) is 19.4 Å². The van der Waals surface area contributed by atoms with Gasteiger partial charge in [-0.05, 0) is 25.2 Å². The molecule has 1 rings (SSSR count). The summed E-state index contributed by atoms with van der Waals surface area (Å²) in [5.41, 5.74) is 0.683. The van der Waals surface area contributed by atoms with E-state index in [0.29, 0.717) is 23.8 Å². The molecule has 1 aromatic rings. The molecule has 0 fully saturated rings. The van der Waals surface area contributed by atoms with Crippen molar-refractivity contribution < 1.29 is 9.66 Å². The summed E-state index contributed by atoms with van der Waals surface area (Å²) in [7, 11) is 0. The van der Waals surface area contributed by atoms with Gasteiger partial charge in [-0.3, -0.25) is 10.1 Å². The Kier molecular flexibility index (Phi) is 5.98. The molecule has 5 heteroatoms. The molecule has 1 unspecified atom stereocenters. The fourth-order valence-electron chi connectivity index (χ4n) is 1.80. The van der Waals surface area contributed by atoms with Gasteiger partial charge in [0.05, 0.1) is 17.1 Å². The van der Waals surface area contributed by atoms with Crippen molar-refractivity contribution >= 4 is 18.3 Å². The number of nitrogens with zero attached hydrogens (tertiary/aromatic N) is 1. The first-order chi connectivity index (χ1) is 8.60. The number of rotatable bonds is 7. The molecule has 1 aromatic carbocycles. The lowest BCUT2D eigenvalue weighted by Gasteiger charge is -2.15. The molecular weight excluding hydrogens is 250 g/mol. The Hall–Kier alpha value is -1.23. The molecule has 0 bridgehead atoms. The monoisotopic (exact) mass is 269 g/mol. The van der Waals surface area contributed by atoms with E-state index in [1.54, 1.807) is 19.1 Å². The SMILES string of the molecule is CCCC(CS)COc1cccc([N+](=O)[O-])c1C. The zero-order valence-electron chi connectivity index (χ0n) is 10.8. The van der Waals surface area contributed by atoms with Crippen LogP contribution < -0.4 is 4.74 Å². The maximum absolute atomic E-state index is 10.8. The second-order valence-corrected chi connectivity index (χ2v) is 4.67. The quantitative estimate of drug-likeness (QED) is 0.467. The molecule has 1 atom stereocenters. The van der Waals surface area contributed by atoms with Crippen LogP contribution in [0.4, 0.5) is 5.69 Å². The number of benzene rings is 1. The van der Waals surface area contributed by atoms with E-state index in [2.05, 4.69) is 19.6 Å². The molecule has 0 N–H and O–H groups in total. The van der Waals surface area contributed by atoms with E-state index in [0.717, 1.165) is 18.6 Å². The summed E-state index contributed by atoms with van der Waals surface area (Å²) in [6.07, 6.45) is 2.14. The zero-order valence-corrected chi connectivity index (χ0v) is 11.7. The number of nitro benzene ring substituents is 1. The molecule has 0 aliphatic heterocycles. The molecule has 0 spiro atoms. The largest absolute Gasteiger partial charge is 0.493 e. The van der Waals surface area contributed by atoms with Crippen LogP contribution in [-0.4, -0.2) is 17.3 Å². The van der Waals surface area contributed by atoms with Crippen molar-refractivity contribution in [3.05, 3.63) is 33.9 Å². The molecule has 0 aliphatic rings. The molecule has 4 nitrogen and oxygen atoms in total. The van der Waals surface area contributed by atoms with Crippen LogP contribution in [0, 0.1) is 23.0 Å². The number of ether oxygens (including phenoxy) is 1. The Bertz CT molecular complexity index is 409. The van der Waals surface area contributed by atoms with E-state index in [9.17, 15) is 10.1 Å². The maximum atomic E-state index is 10.8. The highest BCUT2D eigenvalue weighted by atomic mass is 32.1. The maximum Gasteiger partial charge on any atom is 0.276 e. The molecule has 0 heterocycles. The number of thiol groups is 1. The van der Waals surface area contributed by atoms with Gasteiger partial charge in [0.1, 0.15) is 5.75 Å². The topological polar surface area (TPSA) is 52.4 Å². The first-order valence-corrected chi connectivity index (χ1v) is 6.71. The molecule has 0 saturated heterocycles. The fraction of sp³-hybridized carbons (Fsp3) is 0.538. The van der Waals surface area contributed by atoms with Crippen molar-refractivity contribution in [2.24, 2.45) is 5.92 Å². The summed E-state index contributed by atoms with van der Waals surface area (Å²) >= 11 is 4.29. The van der Waals surface area contributed by atoms with Crippen molar-refractivity contribution in [2.75, 3.05) is 12.4 Å². The Morgan fingerprint density at radius 3 is 2.78 bits per heavy atom. The summed E-state index contributed by atoms with van der Waals surface area (Å²) in [5, 5.41) is 10.8. The molecule has 100 valence electrons. The molecule has 0 amide bonds. The van der Waals surface area contributed by atoms with Gasteiger partial charge in [0.15, 0.2) is 0 Å². The molecule has 0 aliphatic carbocycles. The molecule has 0 aromatic heterocycles. The Morgan fingerprint density at radius 1 is 1.50 bits per heavy atom. The highest BCUT2D eigenvalue weighted by Crippen LogP contribution is 2.27. The summed E-state index contributed by atoms with van der Waals surface area (Å²) in [5.74, 6) is 1.74. The predicted octanol–water partition coefficient (Wildman–Crippen LogP) is 3.63.